The summed E-state index contributed by atoms with van der Waals surface area (Å²) in [6.07, 6.45) is 7.97. The van der Waals surface area contributed by atoms with Crippen LogP contribution in [0.5, 0.6) is 0 Å². The first-order valence-electron chi connectivity index (χ1n) is 9.60. The minimum absolute atomic E-state index is 0.0602. The number of benzene rings is 1. The Kier molecular flexibility index (Phi) is 8.54. The molecular formula is C20H29N3O2S. The Morgan fingerprint density at radius 3 is 2.54 bits per heavy atom. The van der Waals surface area contributed by atoms with E-state index in [9.17, 15) is 9.59 Å². The number of amides is 2. The van der Waals surface area contributed by atoms with Crippen LogP contribution in [0, 0.1) is 0 Å². The fourth-order valence-electron chi connectivity index (χ4n) is 3.07. The van der Waals surface area contributed by atoms with E-state index in [0.717, 1.165) is 45.2 Å². The second kappa shape index (κ2) is 10.9. The molecule has 0 spiro atoms. The van der Waals surface area contributed by atoms with Crippen LogP contribution in [0.4, 0.5) is 5.69 Å². The van der Waals surface area contributed by atoms with Crippen LogP contribution in [0.3, 0.4) is 0 Å². The van der Waals surface area contributed by atoms with Gasteiger partial charge in [-0.05, 0) is 49.7 Å². The van der Waals surface area contributed by atoms with Crippen LogP contribution in [-0.4, -0.2) is 34.9 Å². The third kappa shape index (κ3) is 6.75. The highest BCUT2D eigenvalue weighted by Crippen LogP contribution is 2.16. The summed E-state index contributed by atoms with van der Waals surface area (Å²) < 4.78 is 0. The van der Waals surface area contributed by atoms with E-state index in [1.807, 2.05) is 23.1 Å². The van der Waals surface area contributed by atoms with Crippen molar-refractivity contribution in [2.45, 2.75) is 58.3 Å². The molecule has 1 aliphatic heterocycles. The number of anilines is 1. The predicted octanol–water partition coefficient (Wildman–Crippen LogP) is 4.10. The first kappa shape index (κ1) is 20.4. The van der Waals surface area contributed by atoms with E-state index in [0.29, 0.717) is 17.7 Å². The van der Waals surface area contributed by atoms with Crippen LogP contribution in [0.2, 0.25) is 0 Å². The quantitative estimate of drug-likeness (QED) is 0.581. The number of thiocarbonyl (C=S) groups is 1. The highest BCUT2D eigenvalue weighted by molar-refractivity contribution is 7.80. The van der Waals surface area contributed by atoms with Crippen molar-refractivity contribution in [1.82, 2.24) is 10.2 Å². The van der Waals surface area contributed by atoms with Crippen LogP contribution in [0.15, 0.2) is 24.3 Å². The average Bonchev–Trinajstić information content (AvgIpc) is 2.90. The van der Waals surface area contributed by atoms with Gasteiger partial charge in [-0.25, -0.2) is 0 Å². The highest BCUT2D eigenvalue weighted by atomic mass is 32.1. The Bertz CT molecular complexity index is 625. The molecule has 1 aromatic rings. The molecule has 0 aromatic heterocycles. The number of unbranched alkanes of at least 4 members (excludes halogenated alkanes) is 2. The van der Waals surface area contributed by atoms with Crippen molar-refractivity contribution in [1.29, 1.82) is 0 Å². The van der Waals surface area contributed by atoms with Gasteiger partial charge in [0.15, 0.2) is 5.11 Å². The molecule has 1 saturated heterocycles. The summed E-state index contributed by atoms with van der Waals surface area (Å²) in [6.45, 7) is 3.75. The molecule has 0 aliphatic carbocycles. The fraction of sp³-hybridized carbons (Fsp3) is 0.550. The number of carbonyl (C=O) groups excluding carboxylic acids is 2. The number of nitrogens with one attached hydrogen (secondary N) is 2. The van der Waals surface area contributed by atoms with E-state index >= 15 is 0 Å². The number of nitrogens with zero attached hydrogens (tertiary/aromatic N) is 1. The lowest BCUT2D eigenvalue weighted by Gasteiger charge is -2.20. The monoisotopic (exact) mass is 375 g/mol. The van der Waals surface area contributed by atoms with Gasteiger partial charge in [0, 0.05) is 30.8 Å². The number of carbonyl (C=O) groups is 2. The van der Waals surface area contributed by atoms with Gasteiger partial charge in [-0.2, -0.15) is 0 Å². The molecule has 26 heavy (non-hydrogen) atoms. The zero-order valence-electron chi connectivity index (χ0n) is 15.6. The minimum Gasteiger partial charge on any atom is -0.339 e. The van der Waals surface area contributed by atoms with Crippen LogP contribution in [0.1, 0.15) is 68.6 Å². The third-order valence-corrected chi connectivity index (χ3v) is 4.73. The standard InChI is InChI=1S/C20H29N3O2S/c1-2-3-6-12-18(24)22-20(26)21-17-11-9-10-16(15-17)19(25)23-13-7-4-5-8-14-23/h9-11,15H,2-8,12-14H2,1H3,(H2,21,22,24,26). The van der Waals surface area contributed by atoms with E-state index in [1.165, 1.54) is 12.8 Å². The van der Waals surface area contributed by atoms with Gasteiger partial charge in [-0.1, -0.05) is 38.7 Å². The predicted molar refractivity (Wildman–Crippen MR) is 109 cm³/mol. The summed E-state index contributed by atoms with van der Waals surface area (Å²) in [4.78, 5) is 26.5. The Labute approximate surface area is 161 Å². The molecule has 1 aliphatic rings. The van der Waals surface area contributed by atoms with Gasteiger partial charge >= 0.3 is 0 Å². The lowest BCUT2D eigenvalue weighted by Crippen LogP contribution is -2.34. The Morgan fingerprint density at radius 2 is 1.85 bits per heavy atom. The smallest absolute Gasteiger partial charge is 0.253 e. The lowest BCUT2D eigenvalue weighted by molar-refractivity contribution is -0.119. The molecule has 142 valence electrons. The van der Waals surface area contributed by atoms with Gasteiger partial charge in [-0.3, -0.25) is 9.59 Å². The summed E-state index contributed by atoms with van der Waals surface area (Å²) in [5, 5.41) is 5.97. The number of hydrogen-bond acceptors (Lipinski definition) is 3. The molecule has 2 amide bonds. The van der Waals surface area contributed by atoms with Gasteiger partial charge in [0.2, 0.25) is 5.91 Å². The van der Waals surface area contributed by atoms with Crippen LogP contribution in [0.25, 0.3) is 0 Å². The van der Waals surface area contributed by atoms with E-state index in [1.54, 1.807) is 6.07 Å². The van der Waals surface area contributed by atoms with Crippen molar-refractivity contribution >= 4 is 34.8 Å². The highest BCUT2D eigenvalue weighted by Gasteiger charge is 2.17. The molecule has 5 nitrogen and oxygen atoms in total. The molecule has 6 heteroatoms. The second-order valence-corrected chi connectivity index (χ2v) is 7.15. The van der Waals surface area contributed by atoms with Crippen molar-refractivity contribution in [2.24, 2.45) is 0 Å². The fourth-order valence-corrected chi connectivity index (χ4v) is 3.31. The number of hydrogen-bond donors (Lipinski definition) is 2. The number of rotatable bonds is 6. The SMILES string of the molecule is CCCCCC(=O)NC(=S)Nc1cccc(C(=O)N2CCCCCC2)c1. The molecule has 1 aromatic carbocycles. The Morgan fingerprint density at radius 1 is 1.12 bits per heavy atom. The maximum absolute atomic E-state index is 12.7. The molecule has 0 atom stereocenters. The molecule has 0 bridgehead atoms. The molecule has 0 radical (unpaired) electrons. The van der Waals surface area contributed by atoms with Crippen LogP contribution < -0.4 is 10.6 Å². The van der Waals surface area contributed by atoms with Crippen molar-refractivity contribution < 1.29 is 9.59 Å². The second-order valence-electron chi connectivity index (χ2n) is 6.75. The van der Waals surface area contributed by atoms with Gasteiger partial charge < -0.3 is 15.5 Å². The van der Waals surface area contributed by atoms with Crippen LogP contribution >= 0.6 is 12.2 Å². The minimum atomic E-state index is -0.0762. The van der Waals surface area contributed by atoms with E-state index in [-0.39, 0.29) is 16.9 Å². The van der Waals surface area contributed by atoms with Gasteiger partial charge in [0.25, 0.3) is 5.91 Å². The van der Waals surface area contributed by atoms with E-state index < -0.39 is 0 Å². The van der Waals surface area contributed by atoms with E-state index in [2.05, 4.69) is 17.6 Å². The Hall–Kier alpha value is -1.95. The molecular weight excluding hydrogens is 346 g/mol. The molecule has 1 heterocycles. The summed E-state index contributed by atoms with van der Waals surface area (Å²) in [5.74, 6) is -0.0159. The molecule has 2 rings (SSSR count). The van der Waals surface area contributed by atoms with Crippen molar-refractivity contribution in [3.8, 4) is 0 Å². The summed E-state index contributed by atoms with van der Waals surface area (Å²) in [7, 11) is 0. The summed E-state index contributed by atoms with van der Waals surface area (Å²) >= 11 is 5.20. The van der Waals surface area contributed by atoms with Crippen molar-refractivity contribution in [3.05, 3.63) is 29.8 Å². The lowest BCUT2D eigenvalue weighted by atomic mass is 10.1. The molecule has 1 fully saturated rings. The first-order valence-corrected chi connectivity index (χ1v) is 10.0. The Balaban J connectivity index is 1.90. The maximum atomic E-state index is 12.7. The van der Waals surface area contributed by atoms with Gasteiger partial charge in [-0.15, -0.1) is 0 Å². The van der Waals surface area contributed by atoms with Crippen molar-refractivity contribution in [3.63, 3.8) is 0 Å². The normalized spacial score (nSPS) is 14.4. The maximum Gasteiger partial charge on any atom is 0.253 e. The van der Waals surface area contributed by atoms with Crippen molar-refractivity contribution in [2.75, 3.05) is 18.4 Å². The summed E-state index contributed by atoms with van der Waals surface area (Å²) in [5.41, 5.74) is 1.36. The largest absolute Gasteiger partial charge is 0.339 e. The third-order valence-electron chi connectivity index (χ3n) is 4.52. The summed E-state index contributed by atoms with van der Waals surface area (Å²) in [6, 6.07) is 7.29. The zero-order chi connectivity index (χ0) is 18.8. The van der Waals surface area contributed by atoms with E-state index in [4.69, 9.17) is 12.2 Å². The molecule has 2 N–H and O–H groups in total. The topological polar surface area (TPSA) is 61.4 Å². The average molecular weight is 376 g/mol. The molecule has 0 unspecified atom stereocenters. The number of likely N-dealkylation sites (tertiary alicyclic amines) is 1. The van der Waals surface area contributed by atoms with Crippen LogP contribution in [-0.2, 0) is 4.79 Å². The molecule has 0 saturated carbocycles. The first-order chi connectivity index (χ1) is 12.6. The zero-order valence-corrected chi connectivity index (χ0v) is 16.4. The van der Waals surface area contributed by atoms with Gasteiger partial charge in [0.05, 0.1) is 0 Å². The van der Waals surface area contributed by atoms with Gasteiger partial charge in [0.1, 0.15) is 0 Å².